The number of hydrogen-bond acceptors (Lipinski definition) is 4. The topological polar surface area (TPSA) is 72.5 Å². The fraction of sp³-hybridized carbons (Fsp3) is 0.211. The number of benzene rings is 2. The summed E-state index contributed by atoms with van der Waals surface area (Å²) >= 11 is 0. The number of carbonyl (C=O) groups is 3. The Hall–Kier alpha value is -2.95. The zero-order valence-electron chi connectivity index (χ0n) is 13.7. The number of nitrogens with one attached hydrogen (secondary N) is 1. The summed E-state index contributed by atoms with van der Waals surface area (Å²) in [6, 6.07) is 10.9. The first-order valence-corrected chi connectivity index (χ1v) is 7.58. The van der Waals surface area contributed by atoms with Crippen LogP contribution in [0.3, 0.4) is 0 Å². The van der Waals surface area contributed by atoms with Crippen molar-refractivity contribution in [3.63, 3.8) is 0 Å². The van der Waals surface area contributed by atoms with E-state index < -0.39 is 17.5 Å². The average Bonchev–Trinajstić information content (AvgIpc) is 2.49. The van der Waals surface area contributed by atoms with Crippen molar-refractivity contribution in [1.82, 2.24) is 5.32 Å². The van der Waals surface area contributed by atoms with E-state index in [-0.39, 0.29) is 17.0 Å². The maximum atomic E-state index is 12.6. The van der Waals surface area contributed by atoms with Crippen molar-refractivity contribution >= 4 is 28.4 Å². The lowest BCUT2D eigenvalue weighted by atomic mass is 9.90. The molecule has 1 aliphatic carbocycles. The molecule has 5 nitrogen and oxygen atoms in total. The van der Waals surface area contributed by atoms with Crippen molar-refractivity contribution in [1.29, 1.82) is 0 Å². The van der Waals surface area contributed by atoms with Crippen LogP contribution in [0.15, 0.2) is 48.2 Å². The molecule has 122 valence electrons. The molecule has 0 bridgehead atoms. The number of alkyl carbamates (subject to hydrolysis) is 1. The zero-order chi connectivity index (χ0) is 17.5. The number of carbonyl (C=O) groups excluding carboxylic acids is 3. The van der Waals surface area contributed by atoms with Crippen LogP contribution >= 0.6 is 0 Å². The van der Waals surface area contributed by atoms with Crippen LogP contribution < -0.4 is 5.32 Å². The number of amides is 1. The van der Waals surface area contributed by atoms with E-state index in [1.54, 1.807) is 32.9 Å². The number of hydrogen-bond donors (Lipinski definition) is 1. The molecule has 5 heteroatoms. The lowest BCUT2D eigenvalue weighted by Gasteiger charge is -2.21. The van der Waals surface area contributed by atoms with Gasteiger partial charge in [0.2, 0.25) is 5.78 Å². The van der Waals surface area contributed by atoms with Gasteiger partial charge in [0.1, 0.15) is 5.60 Å². The van der Waals surface area contributed by atoms with Crippen molar-refractivity contribution in [3.8, 4) is 0 Å². The Balaban J connectivity index is 1.95. The maximum Gasteiger partial charge on any atom is 0.412 e. The first-order valence-electron chi connectivity index (χ1n) is 7.58. The molecule has 2 aromatic carbocycles. The monoisotopic (exact) mass is 323 g/mol. The number of ketones is 2. The van der Waals surface area contributed by atoms with Crippen LogP contribution in [0.5, 0.6) is 0 Å². The van der Waals surface area contributed by atoms with Gasteiger partial charge in [0.15, 0.2) is 5.78 Å². The third-order valence-corrected chi connectivity index (χ3v) is 3.55. The summed E-state index contributed by atoms with van der Waals surface area (Å²) in [5.41, 5.74) is -0.141. The van der Waals surface area contributed by atoms with Crippen LogP contribution in [-0.4, -0.2) is 23.3 Å². The minimum Gasteiger partial charge on any atom is -0.444 e. The molecule has 1 N–H and O–H groups in total. The number of Topliss-reactive ketones (excluding diaryl/α,β-unsaturated/α-hetero) is 1. The minimum absolute atomic E-state index is 0.0722. The standard InChI is InChI=1S/C19H17NO4/c1-19(2,3)24-18(23)20-15-10-16(21)13-8-11-6-4-5-7-12(11)9-14(13)17(15)22/h4-10H,1-3H3,(H,20,23). The molecule has 0 saturated carbocycles. The Morgan fingerprint density at radius 3 is 2.17 bits per heavy atom. The van der Waals surface area contributed by atoms with E-state index in [1.165, 1.54) is 0 Å². The SMILES string of the molecule is CC(C)(C)OC(=O)NC1=CC(=O)c2cc3ccccc3cc2C1=O. The lowest BCUT2D eigenvalue weighted by Crippen LogP contribution is -2.36. The molecule has 0 radical (unpaired) electrons. The highest BCUT2D eigenvalue weighted by molar-refractivity contribution is 6.26. The Morgan fingerprint density at radius 2 is 1.58 bits per heavy atom. The molecule has 2 aromatic rings. The summed E-state index contributed by atoms with van der Waals surface area (Å²) in [6.45, 7) is 5.16. The molecule has 0 heterocycles. The predicted molar refractivity (Wildman–Crippen MR) is 90.1 cm³/mol. The molecule has 0 unspecified atom stereocenters. The Morgan fingerprint density at radius 1 is 1.00 bits per heavy atom. The number of ether oxygens (including phenoxy) is 1. The van der Waals surface area contributed by atoms with Crippen molar-refractivity contribution in [3.05, 3.63) is 59.3 Å². The number of fused-ring (bicyclic) bond motifs is 2. The molecule has 0 aliphatic heterocycles. The molecule has 0 saturated heterocycles. The second kappa shape index (κ2) is 5.60. The van der Waals surface area contributed by atoms with Crippen molar-refractivity contribution in [2.24, 2.45) is 0 Å². The maximum absolute atomic E-state index is 12.6. The van der Waals surface area contributed by atoms with Crippen LogP contribution in [0.1, 0.15) is 41.5 Å². The van der Waals surface area contributed by atoms with Gasteiger partial charge in [-0.25, -0.2) is 4.79 Å². The predicted octanol–water partition coefficient (Wildman–Crippen LogP) is 3.63. The Bertz CT molecular complexity index is 903. The van der Waals surface area contributed by atoms with E-state index in [9.17, 15) is 14.4 Å². The summed E-state index contributed by atoms with van der Waals surface area (Å²) in [5.74, 6) is -0.720. The van der Waals surface area contributed by atoms with Crippen LogP contribution in [0, 0.1) is 0 Å². The molecule has 0 aromatic heterocycles. The van der Waals surface area contributed by atoms with E-state index >= 15 is 0 Å². The molecule has 0 fully saturated rings. The average molecular weight is 323 g/mol. The van der Waals surface area contributed by atoms with Crippen LogP contribution in [0.2, 0.25) is 0 Å². The number of rotatable bonds is 1. The van der Waals surface area contributed by atoms with Gasteiger partial charge in [-0.3, -0.25) is 14.9 Å². The molecule has 3 rings (SSSR count). The molecule has 1 aliphatic rings. The highest BCUT2D eigenvalue weighted by Crippen LogP contribution is 2.26. The molecule has 0 atom stereocenters. The van der Waals surface area contributed by atoms with Gasteiger partial charge in [-0.05, 0) is 43.7 Å². The molecular formula is C19H17NO4. The first-order chi connectivity index (χ1) is 11.2. The molecule has 0 spiro atoms. The summed E-state index contributed by atoms with van der Waals surface area (Å²) in [7, 11) is 0. The highest BCUT2D eigenvalue weighted by atomic mass is 16.6. The largest absolute Gasteiger partial charge is 0.444 e. The third kappa shape index (κ3) is 3.06. The summed E-state index contributed by atoms with van der Waals surface area (Å²) < 4.78 is 5.13. The van der Waals surface area contributed by atoms with E-state index in [0.29, 0.717) is 5.56 Å². The molecule has 1 amide bonds. The van der Waals surface area contributed by atoms with Gasteiger partial charge in [-0.2, -0.15) is 0 Å². The van der Waals surface area contributed by atoms with Gasteiger partial charge in [0.25, 0.3) is 0 Å². The first kappa shape index (κ1) is 15.9. The van der Waals surface area contributed by atoms with E-state index in [1.807, 2.05) is 24.3 Å². The van der Waals surface area contributed by atoms with Gasteiger partial charge in [0, 0.05) is 17.2 Å². The van der Waals surface area contributed by atoms with E-state index in [0.717, 1.165) is 16.8 Å². The van der Waals surface area contributed by atoms with Crippen molar-refractivity contribution < 1.29 is 19.1 Å². The highest BCUT2D eigenvalue weighted by Gasteiger charge is 2.28. The summed E-state index contributed by atoms with van der Waals surface area (Å²) in [4.78, 5) is 36.8. The number of allylic oxidation sites excluding steroid dienone is 2. The third-order valence-electron chi connectivity index (χ3n) is 3.55. The van der Waals surface area contributed by atoms with Gasteiger partial charge in [-0.1, -0.05) is 24.3 Å². The normalized spacial score (nSPS) is 14.2. The van der Waals surface area contributed by atoms with Gasteiger partial charge in [-0.15, -0.1) is 0 Å². The van der Waals surface area contributed by atoms with Crippen LogP contribution in [0.25, 0.3) is 10.8 Å². The second-order valence-corrected chi connectivity index (χ2v) is 6.62. The van der Waals surface area contributed by atoms with Gasteiger partial charge >= 0.3 is 6.09 Å². The summed E-state index contributed by atoms with van der Waals surface area (Å²) in [5, 5.41) is 4.12. The molecular weight excluding hydrogens is 306 g/mol. The quantitative estimate of drug-likeness (QED) is 0.870. The smallest absolute Gasteiger partial charge is 0.412 e. The molecule has 24 heavy (non-hydrogen) atoms. The van der Waals surface area contributed by atoms with Gasteiger partial charge in [0.05, 0.1) is 5.70 Å². The Labute approximate surface area is 139 Å². The fourth-order valence-electron chi connectivity index (χ4n) is 2.56. The second-order valence-electron chi connectivity index (χ2n) is 6.62. The fourth-order valence-corrected chi connectivity index (χ4v) is 2.56. The zero-order valence-corrected chi connectivity index (χ0v) is 13.7. The minimum atomic E-state index is -0.765. The summed E-state index contributed by atoms with van der Waals surface area (Å²) in [6.07, 6.45) is 0.378. The van der Waals surface area contributed by atoms with Crippen molar-refractivity contribution in [2.45, 2.75) is 26.4 Å². The van der Waals surface area contributed by atoms with E-state index in [2.05, 4.69) is 5.32 Å². The van der Waals surface area contributed by atoms with Crippen LogP contribution in [0.4, 0.5) is 4.79 Å². The van der Waals surface area contributed by atoms with E-state index in [4.69, 9.17) is 4.74 Å². The lowest BCUT2D eigenvalue weighted by molar-refractivity contribution is 0.0539. The Kier molecular flexibility index (Phi) is 3.72. The van der Waals surface area contributed by atoms with Gasteiger partial charge < -0.3 is 4.74 Å². The van der Waals surface area contributed by atoms with Crippen LogP contribution in [-0.2, 0) is 4.74 Å². The van der Waals surface area contributed by atoms with Crippen molar-refractivity contribution in [2.75, 3.05) is 0 Å².